The molecule has 0 fully saturated rings. The molecule has 0 unspecified atom stereocenters. The molecule has 0 saturated carbocycles. The predicted octanol–water partition coefficient (Wildman–Crippen LogP) is 2.94. The van der Waals surface area contributed by atoms with Gasteiger partial charge in [-0.05, 0) is 36.4 Å². The van der Waals surface area contributed by atoms with Crippen molar-refractivity contribution in [2.24, 2.45) is 0 Å². The number of anilines is 1. The number of hydrogen-bond donors (Lipinski definition) is 0. The van der Waals surface area contributed by atoms with Crippen molar-refractivity contribution in [1.82, 2.24) is 9.38 Å². The number of rotatable bonds is 6. The molecular weight excluding hydrogens is 438 g/mol. The molecule has 10 heteroatoms. The van der Waals surface area contributed by atoms with E-state index in [-0.39, 0.29) is 22.6 Å². The lowest BCUT2D eigenvalue weighted by atomic mass is 10.2. The molecule has 0 bridgehead atoms. The normalized spacial score (nSPS) is 11.4. The van der Waals surface area contributed by atoms with Gasteiger partial charge in [-0.2, -0.15) is 0 Å². The number of fused-ring (bicyclic) bond motifs is 1. The van der Waals surface area contributed by atoms with Gasteiger partial charge in [0.2, 0.25) is 0 Å². The van der Waals surface area contributed by atoms with Crippen LogP contribution in [-0.4, -0.2) is 30.8 Å². The smallest absolute Gasteiger partial charge is 0.338 e. The van der Waals surface area contributed by atoms with E-state index in [1.807, 2.05) is 0 Å². The van der Waals surface area contributed by atoms with E-state index in [0.717, 1.165) is 0 Å². The van der Waals surface area contributed by atoms with Crippen molar-refractivity contribution < 1.29 is 17.9 Å². The summed E-state index contributed by atoms with van der Waals surface area (Å²) in [5.41, 5.74) is 0.797. The molecule has 0 N–H and O–H groups in total. The van der Waals surface area contributed by atoms with E-state index in [1.165, 1.54) is 57.4 Å². The van der Waals surface area contributed by atoms with E-state index in [4.69, 9.17) is 4.74 Å². The van der Waals surface area contributed by atoms with Gasteiger partial charge in [0.15, 0.2) is 4.96 Å². The van der Waals surface area contributed by atoms with Crippen LogP contribution in [0, 0.1) is 0 Å². The number of carbonyl (C=O) groups is 1. The van der Waals surface area contributed by atoms with Gasteiger partial charge in [-0.1, -0.05) is 18.2 Å². The Bertz CT molecular complexity index is 1390. The number of hydrogen-bond acceptors (Lipinski definition) is 7. The van der Waals surface area contributed by atoms with Crippen LogP contribution in [-0.2, 0) is 21.4 Å². The molecule has 2 heterocycles. The van der Waals surface area contributed by atoms with E-state index in [9.17, 15) is 18.0 Å². The van der Waals surface area contributed by atoms with Crippen molar-refractivity contribution in [3.63, 3.8) is 0 Å². The monoisotopic (exact) mass is 455 g/mol. The van der Waals surface area contributed by atoms with Gasteiger partial charge in [0.05, 0.1) is 21.8 Å². The highest BCUT2D eigenvalue weighted by atomic mass is 32.2. The SMILES string of the molecule is CN(c1ccccc1)S(=O)(=O)c1ccc(C(=O)OCc2cc(=O)n3ccsc3n2)cc1. The fraction of sp³-hybridized carbons (Fsp3) is 0.0952. The summed E-state index contributed by atoms with van der Waals surface area (Å²) >= 11 is 1.30. The summed E-state index contributed by atoms with van der Waals surface area (Å²) < 4.78 is 33.4. The number of para-hydroxylation sites is 1. The number of carbonyl (C=O) groups excluding carboxylic acids is 1. The van der Waals surface area contributed by atoms with Gasteiger partial charge in [0.25, 0.3) is 15.6 Å². The Kier molecular flexibility index (Phi) is 5.57. The third-order valence-electron chi connectivity index (χ3n) is 4.58. The van der Waals surface area contributed by atoms with Crippen LogP contribution in [0.15, 0.2) is 81.9 Å². The first-order valence-corrected chi connectivity index (χ1v) is 11.5. The number of nitrogens with zero attached hydrogens (tertiary/aromatic N) is 3. The van der Waals surface area contributed by atoms with E-state index < -0.39 is 16.0 Å². The number of ether oxygens (including phenoxy) is 1. The molecule has 158 valence electrons. The highest BCUT2D eigenvalue weighted by molar-refractivity contribution is 7.92. The van der Waals surface area contributed by atoms with Gasteiger partial charge in [-0.3, -0.25) is 13.5 Å². The summed E-state index contributed by atoms with van der Waals surface area (Å²) in [5, 5.41) is 1.74. The van der Waals surface area contributed by atoms with Gasteiger partial charge in [-0.15, -0.1) is 11.3 Å². The van der Waals surface area contributed by atoms with Crippen LogP contribution < -0.4 is 9.86 Å². The van der Waals surface area contributed by atoms with E-state index in [1.54, 1.807) is 41.9 Å². The Hall–Kier alpha value is -3.50. The van der Waals surface area contributed by atoms with Crippen molar-refractivity contribution in [2.45, 2.75) is 11.5 Å². The number of benzene rings is 2. The average molecular weight is 456 g/mol. The molecule has 0 saturated heterocycles. The lowest BCUT2D eigenvalue weighted by Crippen LogP contribution is -2.26. The van der Waals surface area contributed by atoms with Gasteiger partial charge in [0, 0.05) is 24.7 Å². The first-order chi connectivity index (χ1) is 14.9. The molecule has 4 rings (SSSR count). The van der Waals surface area contributed by atoms with Gasteiger partial charge >= 0.3 is 5.97 Å². The summed E-state index contributed by atoms with van der Waals surface area (Å²) in [6.07, 6.45) is 1.62. The summed E-state index contributed by atoms with van der Waals surface area (Å²) in [6, 6.07) is 15.5. The molecule has 2 aromatic carbocycles. The molecule has 31 heavy (non-hydrogen) atoms. The molecule has 2 aromatic heterocycles. The highest BCUT2D eigenvalue weighted by Crippen LogP contribution is 2.22. The molecule has 4 aromatic rings. The van der Waals surface area contributed by atoms with Crippen LogP contribution >= 0.6 is 11.3 Å². The predicted molar refractivity (Wildman–Crippen MR) is 117 cm³/mol. The lowest BCUT2D eigenvalue weighted by Gasteiger charge is -2.19. The third-order valence-corrected chi connectivity index (χ3v) is 7.13. The average Bonchev–Trinajstić information content (AvgIpc) is 3.27. The van der Waals surface area contributed by atoms with E-state index in [2.05, 4.69) is 4.98 Å². The van der Waals surface area contributed by atoms with Crippen LogP contribution in [0.4, 0.5) is 5.69 Å². The topological polar surface area (TPSA) is 98.0 Å². The van der Waals surface area contributed by atoms with Crippen molar-refractivity contribution in [3.8, 4) is 0 Å². The summed E-state index contributed by atoms with van der Waals surface area (Å²) in [5.74, 6) is -0.645. The minimum Gasteiger partial charge on any atom is -0.456 e. The lowest BCUT2D eigenvalue weighted by molar-refractivity contribution is 0.0467. The Morgan fingerprint density at radius 3 is 2.55 bits per heavy atom. The second-order valence-electron chi connectivity index (χ2n) is 6.55. The Morgan fingerprint density at radius 1 is 1.13 bits per heavy atom. The molecule has 0 spiro atoms. The Balaban J connectivity index is 1.47. The van der Waals surface area contributed by atoms with Crippen molar-refractivity contribution in [3.05, 3.63) is 93.9 Å². The number of esters is 1. The number of aromatic nitrogens is 2. The molecule has 0 aliphatic carbocycles. The van der Waals surface area contributed by atoms with Gasteiger partial charge in [0.1, 0.15) is 6.61 Å². The van der Waals surface area contributed by atoms with Gasteiger partial charge < -0.3 is 4.74 Å². The highest BCUT2D eigenvalue weighted by Gasteiger charge is 2.21. The van der Waals surface area contributed by atoms with Crippen molar-refractivity contribution >= 4 is 38.0 Å². The third kappa shape index (κ3) is 4.21. The maximum Gasteiger partial charge on any atom is 0.338 e. The molecule has 0 aliphatic rings. The molecular formula is C21H17N3O5S2. The summed E-state index contributed by atoms with van der Waals surface area (Å²) in [6.45, 7) is -0.167. The maximum absolute atomic E-state index is 12.8. The minimum atomic E-state index is -3.77. The fourth-order valence-electron chi connectivity index (χ4n) is 2.88. The van der Waals surface area contributed by atoms with Gasteiger partial charge in [-0.25, -0.2) is 18.2 Å². The Morgan fingerprint density at radius 2 is 1.84 bits per heavy atom. The second-order valence-corrected chi connectivity index (χ2v) is 9.39. The largest absolute Gasteiger partial charge is 0.456 e. The van der Waals surface area contributed by atoms with Crippen LogP contribution in [0.1, 0.15) is 16.1 Å². The zero-order valence-corrected chi connectivity index (χ0v) is 18.0. The van der Waals surface area contributed by atoms with Crippen LogP contribution in [0.3, 0.4) is 0 Å². The molecule has 8 nitrogen and oxygen atoms in total. The second kappa shape index (κ2) is 8.32. The molecule has 0 atom stereocenters. The van der Waals surface area contributed by atoms with E-state index in [0.29, 0.717) is 16.3 Å². The first kappa shape index (κ1) is 20.8. The molecule has 0 aliphatic heterocycles. The quantitative estimate of drug-likeness (QED) is 0.415. The first-order valence-electron chi connectivity index (χ1n) is 9.13. The summed E-state index contributed by atoms with van der Waals surface area (Å²) in [4.78, 5) is 29.2. The Labute approximate surface area is 182 Å². The van der Waals surface area contributed by atoms with Crippen LogP contribution in [0.5, 0.6) is 0 Å². The number of sulfonamides is 1. The fourth-order valence-corrected chi connectivity index (χ4v) is 4.82. The summed E-state index contributed by atoms with van der Waals surface area (Å²) in [7, 11) is -2.31. The van der Waals surface area contributed by atoms with Crippen LogP contribution in [0.2, 0.25) is 0 Å². The zero-order chi connectivity index (χ0) is 22.0. The molecule has 0 amide bonds. The van der Waals surface area contributed by atoms with Crippen molar-refractivity contribution in [1.29, 1.82) is 0 Å². The standard InChI is InChI=1S/C21H17N3O5S2/c1-23(17-5-3-2-4-6-17)31(27,28)18-9-7-15(8-10-18)20(26)29-14-16-13-19(25)24-11-12-30-21(24)22-16/h2-13H,14H2,1H3. The van der Waals surface area contributed by atoms with Crippen LogP contribution in [0.25, 0.3) is 4.96 Å². The van der Waals surface area contributed by atoms with E-state index >= 15 is 0 Å². The zero-order valence-electron chi connectivity index (χ0n) is 16.3. The van der Waals surface area contributed by atoms with Crippen molar-refractivity contribution in [2.75, 3.05) is 11.4 Å². The number of thiazole rings is 1. The molecule has 0 radical (unpaired) electrons. The maximum atomic E-state index is 12.8. The minimum absolute atomic E-state index is 0.0493.